The fourth-order valence-corrected chi connectivity index (χ4v) is 1.10. The maximum atomic E-state index is 11.1. The molecule has 0 atom stereocenters. The van der Waals surface area contributed by atoms with Gasteiger partial charge in [0, 0.05) is 24.0 Å². The Morgan fingerprint density at radius 2 is 2.17 bits per heavy atom. The summed E-state index contributed by atoms with van der Waals surface area (Å²) in [4.78, 5) is 21.8. The molecule has 0 radical (unpaired) electrons. The van der Waals surface area contributed by atoms with E-state index >= 15 is 0 Å². The van der Waals surface area contributed by atoms with Crippen LogP contribution in [0.15, 0.2) is 21.7 Å². The Balaban J connectivity index is 2.90. The number of hydrogen-bond acceptors (Lipinski definition) is 2. The van der Waals surface area contributed by atoms with Crippen molar-refractivity contribution in [2.24, 2.45) is 0 Å². The summed E-state index contributed by atoms with van der Waals surface area (Å²) in [6, 6.07) is 2.50. The van der Waals surface area contributed by atoms with Gasteiger partial charge in [-0.2, -0.15) is 0 Å². The average Bonchev–Trinajstić information content (AvgIpc) is 2.07. The smallest absolute Gasteiger partial charge is 0.265 e. The van der Waals surface area contributed by atoms with Crippen molar-refractivity contribution < 1.29 is 0 Å². The molecule has 0 aliphatic heterocycles. The predicted molar refractivity (Wildman–Crippen MR) is 49.7 cm³/mol. The fraction of sp³-hybridized carbons (Fsp3) is 0.429. The molecule has 0 aromatic carbocycles. The summed E-state index contributed by atoms with van der Waals surface area (Å²) in [5, 5.41) is 3.25. The van der Waals surface area contributed by atoms with E-state index in [0.29, 0.717) is 6.54 Å². The Kier molecular flexibility index (Phi) is 3.28. The number of aromatic amines is 1. The Morgan fingerprint density at radius 1 is 1.42 bits per heavy atom. The molecule has 0 aliphatic carbocycles. The van der Waals surface area contributed by atoms with Gasteiger partial charge in [0.2, 0.25) is 0 Å². The van der Waals surface area contributed by atoms with Gasteiger partial charge in [0.15, 0.2) is 0 Å². The standard InChI is InChI=1S/C7H9BrN2O2/c8-4-1-5-10-7(12)3-2-6(11)9-10/h2-3H,1,4-5H2,(H,9,11). The third-order valence-electron chi connectivity index (χ3n) is 1.40. The number of halogens is 1. The number of hydrogen-bond donors (Lipinski definition) is 1. The summed E-state index contributed by atoms with van der Waals surface area (Å²) >= 11 is 3.24. The van der Waals surface area contributed by atoms with Crippen molar-refractivity contribution in [1.29, 1.82) is 0 Å². The highest BCUT2D eigenvalue weighted by Gasteiger charge is 1.94. The molecule has 1 N–H and O–H groups in total. The second-order valence-corrected chi connectivity index (χ2v) is 3.13. The molecule has 0 unspecified atom stereocenters. The summed E-state index contributed by atoms with van der Waals surface area (Å²) in [7, 11) is 0. The largest absolute Gasteiger partial charge is 0.268 e. The first kappa shape index (κ1) is 9.25. The first-order valence-electron chi connectivity index (χ1n) is 3.60. The summed E-state index contributed by atoms with van der Waals surface area (Å²) < 4.78 is 1.31. The maximum absolute atomic E-state index is 11.1. The third kappa shape index (κ3) is 2.34. The zero-order valence-electron chi connectivity index (χ0n) is 6.42. The lowest BCUT2D eigenvalue weighted by Gasteiger charge is -2.01. The van der Waals surface area contributed by atoms with E-state index in [2.05, 4.69) is 21.0 Å². The molecule has 1 rings (SSSR count). The van der Waals surface area contributed by atoms with Crippen molar-refractivity contribution in [3.8, 4) is 0 Å². The summed E-state index contributed by atoms with van der Waals surface area (Å²) in [5.74, 6) is 0. The first-order valence-corrected chi connectivity index (χ1v) is 4.72. The van der Waals surface area contributed by atoms with Crippen LogP contribution in [0.25, 0.3) is 0 Å². The van der Waals surface area contributed by atoms with E-state index in [4.69, 9.17) is 0 Å². The minimum atomic E-state index is -0.246. The van der Waals surface area contributed by atoms with E-state index in [1.54, 1.807) is 0 Å². The highest BCUT2D eigenvalue weighted by atomic mass is 79.9. The van der Waals surface area contributed by atoms with Crippen LogP contribution in [0.3, 0.4) is 0 Å². The molecule has 1 aromatic rings. The van der Waals surface area contributed by atoms with Gasteiger partial charge in [-0.05, 0) is 6.42 Å². The van der Waals surface area contributed by atoms with Gasteiger partial charge in [-0.1, -0.05) is 15.9 Å². The third-order valence-corrected chi connectivity index (χ3v) is 1.96. The number of aromatic nitrogens is 2. The van der Waals surface area contributed by atoms with Crippen molar-refractivity contribution in [3.05, 3.63) is 32.8 Å². The van der Waals surface area contributed by atoms with Crippen LogP contribution in [0.5, 0.6) is 0 Å². The number of rotatable bonds is 3. The lowest BCUT2D eigenvalue weighted by molar-refractivity contribution is 0.563. The van der Waals surface area contributed by atoms with E-state index in [-0.39, 0.29) is 11.1 Å². The monoisotopic (exact) mass is 232 g/mol. The quantitative estimate of drug-likeness (QED) is 0.764. The van der Waals surface area contributed by atoms with E-state index in [1.165, 1.54) is 16.8 Å². The van der Waals surface area contributed by atoms with Gasteiger partial charge in [-0.25, -0.2) is 0 Å². The maximum Gasteiger partial charge on any atom is 0.265 e. The number of aryl methyl sites for hydroxylation is 1. The van der Waals surface area contributed by atoms with Crippen molar-refractivity contribution in [2.45, 2.75) is 13.0 Å². The first-order chi connectivity index (χ1) is 5.74. The SMILES string of the molecule is O=c1ccc(=O)n(CCCBr)[nH]1. The summed E-state index contributed by atoms with van der Waals surface area (Å²) in [5.41, 5.74) is -0.417. The summed E-state index contributed by atoms with van der Waals surface area (Å²) in [6.45, 7) is 0.542. The van der Waals surface area contributed by atoms with Crippen LogP contribution in [0.4, 0.5) is 0 Å². The molecule has 0 aliphatic rings. The van der Waals surface area contributed by atoms with Gasteiger partial charge >= 0.3 is 0 Å². The van der Waals surface area contributed by atoms with Crippen LogP contribution in [0.1, 0.15) is 6.42 Å². The number of alkyl halides is 1. The molecule has 4 nitrogen and oxygen atoms in total. The molecule has 0 fully saturated rings. The fourth-order valence-electron chi connectivity index (χ4n) is 0.846. The second-order valence-electron chi connectivity index (χ2n) is 2.34. The molecule has 0 saturated carbocycles. The molecule has 0 bridgehead atoms. The van der Waals surface area contributed by atoms with Crippen molar-refractivity contribution in [1.82, 2.24) is 9.78 Å². The molecule has 5 heteroatoms. The minimum absolute atomic E-state index is 0.171. The molecule has 1 heterocycles. The van der Waals surface area contributed by atoms with Crippen molar-refractivity contribution in [3.63, 3.8) is 0 Å². The number of nitrogens with one attached hydrogen (secondary N) is 1. The molecule has 0 spiro atoms. The summed E-state index contributed by atoms with van der Waals surface area (Å²) in [6.07, 6.45) is 0.819. The van der Waals surface area contributed by atoms with Crippen molar-refractivity contribution in [2.75, 3.05) is 5.33 Å². The van der Waals surface area contributed by atoms with Gasteiger partial charge in [-0.15, -0.1) is 0 Å². The topological polar surface area (TPSA) is 54.9 Å². The van der Waals surface area contributed by atoms with Crippen LogP contribution in [0.2, 0.25) is 0 Å². The van der Waals surface area contributed by atoms with Gasteiger partial charge in [0.25, 0.3) is 11.1 Å². The molecule has 66 valence electrons. The normalized spacial score (nSPS) is 10.1. The van der Waals surface area contributed by atoms with Gasteiger partial charge in [0.05, 0.1) is 0 Å². The van der Waals surface area contributed by atoms with E-state index in [9.17, 15) is 9.59 Å². The molecule has 1 aromatic heterocycles. The molecular formula is C7H9BrN2O2. The number of nitrogens with zero attached hydrogens (tertiary/aromatic N) is 1. The number of H-pyrrole nitrogens is 1. The van der Waals surface area contributed by atoms with Crippen LogP contribution in [0, 0.1) is 0 Å². The highest BCUT2D eigenvalue weighted by molar-refractivity contribution is 9.09. The predicted octanol–water partition coefficient (Wildman–Crippen LogP) is 0.322. The van der Waals surface area contributed by atoms with Crippen molar-refractivity contribution >= 4 is 15.9 Å². The Hall–Kier alpha value is -0.840. The van der Waals surface area contributed by atoms with Gasteiger partial charge < -0.3 is 0 Å². The van der Waals surface area contributed by atoms with Crippen LogP contribution in [-0.4, -0.2) is 15.1 Å². The molecule has 0 saturated heterocycles. The highest BCUT2D eigenvalue weighted by Crippen LogP contribution is 1.88. The van der Waals surface area contributed by atoms with E-state index < -0.39 is 0 Å². The molecular weight excluding hydrogens is 224 g/mol. The molecule has 12 heavy (non-hydrogen) atoms. The lowest BCUT2D eigenvalue weighted by Crippen LogP contribution is -2.28. The van der Waals surface area contributed by atoms with E-state index in [1.807, 2.05) is 0 Å². The Bertz CT molecular complexity index is 355. The average molecular weight is 233 g/mol. The van der Waals surface area contributed by atoms with Gasteiger partial charge in [0.1, 0.15) is 0 Å². The van der Waals surface area contributed by atoms with Crippen LogP contribution >= 0.6 is 15.9 Å². The van der Waals surface area contributed by atoms with Gasteiger partial charge in [-0.3, -0.25) is 19.4 Å². The zero-order valence-corrected chi connectivity index (χ0v) is 8.00. The lowest BCUT2D eigenvalue weighted by atomic mass is 10.5. The minimum Gasteiger partial charge on any atom is -0.268 e. The Morgan fingerprint density at radius 3 is 2.83 bits per heavy atom. The second kappa shape index (κ2) is 4.25. The van der Waals surface area contributed by atoms with Crippen LogP contribution < -0.4 is 11.1 Å². The molecule has 0 amide bonds. The van der Waals surface area contributed by atoms with E-state index in [0.717, 1.165) is 11.8 Å². The Labute approximate surface area is 77.3 Å². The van der Waals surface area contributed by atoms with Crippen LogP contribution in [-0.2, 0) is 6.54 Å². The zero-order chi connectivity index (χ0) is 8.97.